The average Bonchev–Trinajstić information content (AvgIpc) is 2.81. The molecule has 4 rings (SSSR count). The van der Waals surface area contributed by atoms with Gasteiger partial charge in [-0.3, -0.25) is 4.90 Å². The van der Waals surface area contributed by atoms with E-state index >= 15 is 0 Å². The number of rotatable bonds is 5. The number of halogens is 4. The lowest BCUT2D eigenvalue weighted by Gasteiger charge is -2.50. The molecule has 1 amide bonds. The first-order chi connectivity index (χ1) is 16.1. The molecule has 0 radical (unpaired) electrons. The predicted octanol–water partition coefficient (Wildman–Crippen LogP) is 6.72. The highest BCUT2D eigenvalue weighted by atomic mass is 19.4. The number of carbonyl (C=O) groups excluding carboxylic acids is 1. The second kappa shape index (κ2) is 8.93. The molecule has 1 aromatic heterocycles. The SMILES string of the molecule is C=C(c1cc([C@]2(C)CCN2C(=O)OCc2ccccc2)cc(-c2ccc(F)cc2)n1)C(F)(F)F. The summed E-state index contributed by atoms with van der Waals surface area (Å²) in [6, 6.07) is 17.4. The molecule has 0 spiro atoms. The maximum atomic E-state index is 13.4. The minimum Gasteiger partial charge on any atom is -0.445 e. The Bertz CT molecular complexity index is 1210. The molecule has 3 aromatic rings. The van der Waals surface area contributed by atoms with Crippen molar-refractivity contribution in [3.63, 3.8) is 0 Å². The molecule has 176 valence electrons. The molecule has 2 heterocycles. The van der Waals surface area contributed by atoms with Crippen LogP contribution in [0.3, 0.4) is 0 Å². The molecule has 0 saturated carbocycles. The van der Waals surface area contributed by atoms with Gasteiger partial charge in [0, 0.05) is 12.1 Å². The molecule has 1 aliphatic heterocycles. The normalized spacial score (nSPS) is 17.7. The smallest absolute Gasteiger partial charge is 0.417 e. The summed E-state index contributed by atoms with van der Waals surface area (Å²) in [5.41, 5.74) is -0.390. The summed E-state index contributed by atoms with van der Waals surface area (Å²) in [7, 11) is 0. The lowest BCUT2D eigenvalue weighted by molar-refractivity contribution is -0.0689. The Kier molecular flexibility index (Phi) is 6.17. The quantitative estimate of drug-likeness (QED) is 0.389. The number of hydrogen-bond donors (Lipinski definition) is 0. The van der Waals surface area contributed by atoms with Gasteiger partial charge < -0.3 is 4.74 Å². The van der Waals surface area contributed by atoms with E-state index in [1.165, 1.54) is 35.2 Å². The zero-order chi connectivity index (χ0) is 24.5. The van der Waals surface area contributed by atoms with E-state index in [0.29, 0.717) is 24.1 Å². The largest absolute Gasteiger partial charge is 0.445 e. The number of alkyl halides is 3. The van der Waals surface area contributed by atoms with E-state index < -0.39 is 29.2 Å². The van der Waals surface area contributed by atoms with Gasteiger partial charge in [-0.1, -0.05) is 36.9 Å². The Labute approximate surface area is 194 Å². The van der Waals surface area contributed by atoms with Gasteiger partial charge in [0.25, 0.3) is 0 Å². The van der Waals surface area contributed by atoms with Crippen LogP contribution in [0.1, 0.15) is 30.2 Å². The Hall–Kier alpha value is -3.68. The first kappa shape index (κ1) is 23.5. The molecule has 0 bridgehead atoms. The van der Waals surface area contributed by atoms with Crippen molar-refractivity contribution in [1.82, 2.24) is 9.88 Å². The van der Waals surface area contributed by atoms with E-state index in [0.717, 1.165) is 5.56 Å². The first-order valence-electron chi connectivity index (χ1n) is 10.6. The van der Waals surface area contributed by atoms with Crippen LogP contribution in [0.5, 0.6) is 0 Å². The van der Waals surface area contributed by atoms with E-state index in [9.17, 15) is 22.4 Å². The molecule has 4 nitrogen and oxygen atoms in total. The second-order valence-electron chi connectivity index (χ2n) is 8.33. The predicted molar refractivity (Wildman–Crippen MR) is 120 cm³/mol. The number of allylic oxidation sites excluding steroid dienone is 1. The van der Waals surface area contributed by atoms with Crippen molar-refractivity contribution in [3.8, 4) is 11.3 Å². The van der Waals surface area contributed by atoms with Gasteiger partial charge in [-0.2, -0.15) is 13.2 Å². The fourth-order valence-electron chi connectivity index (χ4n) is 3.86. The Morgan fingerprint density at radius 3 is 2.38 bits per heavy atom. The number of aromatic nitrogens is 1. The highest BCUT2D eigenvalue weighted by Gasteiger charge is 2.46. The number of carbonyl (C=O) groups is 1. The molecule has 1 fully saturated rings. The highest BCUT2D eigenvalue weighted by molar-refractivity contribution is 5.73. The van der Waals surface area contributed by atoms with Gasteiger partial charge in [0.1, 0.15) is 12.4 Å². The van der Waals surface area contributed by atoms with Crippen LogP contribution in [0, 0.1) is 5.82 Å². The number of benzene rings is 2. The first-order valence-corrected chi connectivity index (χ1v) is 10.6. The topological polar surface area (TPSA) is 42.4 Å². The third-order valence-corrected chi connectivity index (χ3v) is 6.08. The number of pyridine rings is 1. The third-order valence-electron chi connectivity index (χ3n) is 6.08. The van der Waals surface area contributed by atoms with E-state index in [-0.39, 0.29) is 18.0 Å². The van der Waals surface area contributed by atoms with E-state index in [1.54, 1.807) is 13.0 Å². The summed E-state index contributed by atoms with van der Waals surface area (Å²) < 4.78 is 59.2. The Balaban J connectivity index is 1.67. The lowest BCUT2D eigenvalue weighted by atomic mass is 9.79. The van der Waals surface area contributed by atoms with Crippen LogP contribution in [0.4, 0.5) is 22.4 Å². The van der Waals surface area contributed by atoms with Gasteiger partial charge >= 0.3 is 12.3 Å². The minimum absolute atomic E-state index is 0.0829. The Morgan fingerprint density at radius 2 is 1.79 bits per heavy atom. The molecule has 8 heteroatoms. The number of likely N-dealkylation sites (tertiary alicyclic amines) is 1. The second-order valence-corrected chi connectivity index (χ2v) is 8.33. The monoisotopic (exact) mass is 470 g/mol. The summed E-state index contributed by atoms with van der Waals surface area (Å²) in [5, 5.41) is 0. The summed E-state index contributed by atoms with van der Waals surface area (Å²) in [6.07, 6.45) is -4.72. The highest BCUT2D eigenvalue weighted by Crippen LogP contribution is 2.43. The van der Waals surface area contributed by atoms with Crippen molar-refractivity contribution in [3.05, 3.63) is 95.9 Å². The zero-order valence-electron chi connectivity index (χ0n) is 18.4. The van der Waals surface area contributed by atoms with Gasteiger partial charge in [0.15, 0.2) is 0 Å². The lowest BCUT2D eigenvalue weighted by Crippen LogP contribution is -2.58. The molecule has 0 N–H and O–H groups in total. The van der Waals surface area contributed by atoms with Crippen LogP contribution < -0.4 is 0 Å². The van der Waals surface area contributed by atoms with E-state index in [2.05, 4.69) is 11.6 Å². The van der Waals surface area contributed by atoms with Gasteiger partial charge in [-0.05, 0) is 60.9 Å². The molecule has 0 unspecified atom stereocenters. The fraction of sp³-hybridized carbons (Fsp3) is 0.231. The van der Waals surface area contributed by atoms with Crippen molar-refractivity contribution >= 4 is 11.7 Å². The maximum absolute atomic E-state index is 13.4. The van der Waals surface area contributed by atoms with Gasteiger partial charge in [0.2, 0.25) is 0 Å². The summed E-state index contributed by atoms with van der Waals surface area (Å²) in [5.74, 6) is -0.474. The number of ether oxygens (including phenoxy) is 1. The van der Waals surface area contributed by atoms with Crippen molar-refractivity contribution in [2.45, 2.75) is 31.7 Å². The van der Waals surface area contributed by atoms with Crippen LogP contribution in [0.15, 0.2) is 73.3 Å². The molecule has 34 heavy (non-hydrogen) atoms. The van der Waals surface area contributed by atoms with Crippen LogP contribution in [0.25, 0.3) is 16.8 Å². The summed E-state index contributed by atoms with van der Waals surface area (Å²) >= 11 is 0. The molecule has 1 aliphatic rings. The van der Waals surface area contributed by atoms with Crippen LogP contribution in [-0.2, 0) is 16.9 Å². The molecule has 0 aliphatic carbocycles. The zero-order valence-corrected chi connectivity index (χ0v) is 18.4. The van der Waals surface area contributed by atoms with Gasteiger partial charge in [-0.15, -0.1) is 0 Å². The maximum Gasteiger partial charge on any atom is 0.417 e. The van der Waals surface area contributed by atoms with Crippen molar-refractivity contribution in [2.75, 3.05) is 6.54 Å². The van der Waals surface area contributed by atoms with E-state index in [1.807, 2.05) is 30.3 Å². The van der Waals surface area contributed by atoms with Crippen molar-refractivity contribution in [1.29, 1.82) is 0 Å². The molecular formula is C26H22F4N2O2. The Morgan fingerprint density at radius 1 is 1.12 bits per heavy atom. The number of hydrogen-bond acceptors (Lipinski definition) is 3. The molecule has 2 aromatic carbocycles. The standard InChI is InChI=1S/C26H22F4N2O2/c1-17(26(28,29)30)22-14-20(15-23(31-22)19-8-10-21(27)11-9-19)25(2)12-13-32(25)24(33)34-16-18-6-4-3-5-7-18/h3-11,14-15H,1,12-13,16H2,2H3/t25-/m0/s1. The third kappa shape index (κ3) is 4.66. The van der Waals surface area contributed by atoms with Crippen molar-refractivity contribution in [2.24, 2.45) is 0 Å². The van der Waals surface area contributed by atoms with Crippen LogP contribution in [0.2, 0.25) is 0 Å². The van der Waals surface area contributed by atoms with Gasteiger partial charge in [-0.25, -0.2) is 14.2 Å². The van der Waals surface area contributed by atoms with Crippen LogP contribution in [-0.4, -0.2) is 28.7 Å². The number of amides is 1. The fourth-order valence-corrected chi connectivity index (χ4v) is 3.86. The minimum atomic E-state index is -4.68. The number of nitrogens with zero attached hydrogens (tertiary/aromatic N) is 2. The van der Waals surface area contributed by atoms with E-state index in [4.69, 9.17) is 4.74 Å². The van der Waals surface area contributed by atoms with Crippen LogP contribution >= 0.6 is 0 Å². The molecule has 1 saturated heterocycles. The average molecular weight is 470 g/mol. The summed E-state index contributed by atoms with van der Waals surface area (Å²) in [4.78, 5) is 18.4. The molecule has 1 atom stereocenters. The molecular weight excluding hydrogens is 448 g/mol. The summed E-state index contributed by atoms with van der Waals surface area (Å²) in [6.45, 7) is 5.42. The van der Waals surface area contributed by atoms with Gasteiger partial charge in [0.05, 0.1) is 22.5 Å². The van der Waals surface area contributed by atoms with Crippen molar-refractivity contribution < 1.29 is 27.1 Å².